The third-order valence-corrected chi connectivity index (χ3v) is 5.72. The van der Waals surface area contributed by atoms with Crippen LogP contribution in [0.1, 0.15) is 39.0 Å². The standard InChI is InChI=1S/C20H29N3O2/c1-16(21(2)17-9-5-3-6-10-17)20(25)22-13-14-23(19(24)15-22)18-11-7-4-8-12-18/h4,7-8,11-12,16-17H,3,5-6,9-10,13-15H2,1-2H3/t16-/m0/s1. The maximum absolute atomic E-state index is 12.9. The molecule has 1 saturated carbocycles. The van der Waals surface area contributed by atoms with Gasteiger partial charge in [-0.15, -0.1) is 0 Å². The minimum atomic E-state index is -0.167. The molecule has 1 aliphatic heterocycles. The molecule has 1 atom stereocenters. The maximum atomic E-state index is 12.9. The summed E-state index contributed by atoms with van der Waals surface area (Å²) >= 11 is 0. The molecule has 1 heterocycles. The molecule has 1 saturated heterocycles. The molecule has 0 spiro atoms. The van der Waals surface area contributed by atoms with E-state index in [0.717, 1.165) is 5.69 Å². The molecule has 2 amide bonds. The van der Waals surface area contributed by atoms with E-state index in [1.54, 1.807) is 9.80 Å². The summed E-state index contributed by atoms with van der Waals surface area (Å²) in [5.41, 5.74) is 0.909. The fourth-order valence-electron chi connectivity index (χ4n) is 3.99. The van der Waals surface area contributed by atoms with Crippen molar-refractivity contribution in [2.75, 3.05) is 31.6 Å². The largest absolute Gasteiger partial charge is 0.330 e. The van der Waals surface area contributed by atoms with Crippen LogP contribution >= 0.6 is 0 Å². The van der Waals surface area contributed by atoms with Gasteiger partial charge in [0.25, 0.3) is 0 Å². The van der Waals surface area contributed by atoms with Gasteiger partial charge in [-0.3, -0.25) is 14.5 Å². The Bertz CT molecular complexity index is 598. The van der Waals surface area contributed by atoms with Crippen molar-refractivity contribution < 1.29 is 9.59 Å². The van der Waals surface area contributed by atoms with Crippen LogP contribution in [0.5, 0.6) is 0 Å². The molecule has 1 aromatic carbocycles. The average Bonchev–Trinajstić information content (AvgIpc) is 2.67. The van der Waals surface area contributed by atoms with Crippen molar-refractivity contribution >= 4 is 17.5 Å². The lowest BCUT2D eigenvalue weighted by Gasteiger charge is -2.39. The van der Waals surface area contributed by atoms with Crippen LogP contribution in [-0.4, -0.2) is 60.4 Å². The molecular weight excluding hydrogens is 314 g/mol. The molecule has 1 aliphatic carbocycles. The van der Waals surface area contributed by atoms with Gasteiger partial charge in [0.2, 0.25) is 11.8 Å². The highest BCUT2D eigenvalue weighted by molar-refractivity contribution is 5.98. The van der Waals surface area contributed by atoms with Crippen molar-refractivity contribution in [3.8, 4) is 0 Å². The molecule has 2 aliphatic rings. The molecule has 25 heavy (non-hydrogen) atoms. The first-order valence-electron chi connectivity index (χ1n) is 9.44. The van der Waals surface area contributed by atoms with Gasteiger partial charge in [0.15, 0.2) is 0 Å². The summed E-state index contributed by atoms with van der Waals surface area (Å²) < 4.78 is 0. The van der Waals surface area contributed by atoms with E-state index in [-0.39, 0.29) is 24.4 Å². The molecule has 0 aromatic heterocycles. The molecule has 0 N–H and O–H groups in total. The summed E-state index contributed by atoms with van der Waals surface area (Å²) in [6.45, 7) is 3.32. The molecular formula is C20H29N3O2. The third-order valence-electron chi connectivity index (χ3n) is 5.72. The van der Waals surface area contributed by atoms with Crippen molar-refractivity contribution in [2.24, 2.45) is 0 Å². The number of likely N-dealkylation sites (N-methyl/N-ethyl adjacent to an activating group) is 1. The van der Waals surface area contributed by atoms with Crippen molar-refractivity contribution in [3.63, 3.8) is 0 Å². The Hall–Kier alpha value is -1.88. The minimum absolute atomic E-state index is 0.00156. The maximum Gasteiger partial charge on any atom is 0.246 e. The molecule has 3 rings (SSSR count). The molecule has 1 aromatic rings. The van der Waals surface area contributed by atoms with Gasteiger partial charge in [0, 0.05) is 24.8 Å². The Labute approximate surface area is 150 Å². The van der Waals surface area contributed by atoms with Gasteiger partial charge < -0.3 is 9.80 Å². The van der Waals surface area contributed by atoms with Crippen LogP contribution in [0.25, 0.3) is 0 Å². The predicted octanol–water partition coefficient (Wildman–Crippen LogP) is 2.51. The van der Waals surface area contributed by atoms with Crippen LogP contribution in [-0.2, 0) is 9.59 Å². The lowest BCUT2D eigenvalue weighted by atomic mass is 9.93. The number of carbonyl (C=O) groups excluding carboxylic acids is 2. The predicted molar refractivity (Wildman–Crippen MR) is 99.5 cm³/mol. The van der Waals surface area contributed by atoms with Gasteiger partial charge in [-0.05, 0) is 38.9 Å². The number of rotatable bonds is 4. The number of anilines is 1. The van der Waals surface area contributed by atoms with E-state index in [4.69, 9.17) is 0 Å². The zero-order valence-corrected chi connectivity index (χ0v) is 15.4. The molecule has 5 nitrogen and oxygen atoms in total. The molecule has 136 valence electrons. The quantitative estimate of drug-likeness (QED) is 0.844. The summed E-state index contributed by atoms with van der Waals surface area (Å²) in [5.74, 6) is 0.0763. The van der Waals surface area contributed by atoms with Crippen LogP contribution < -0.4 is 4.90 Å². The van der Waals surface area contributed by atoms with E-state index in [0.29, 0.717) is 19.1 Å². The first-order chi connectivity index (χ1) is 12.1. The number of benzene rings is 1. The fraction of sp³-hybridized carbons (Fsp3) is 0.600. The van der Waals surface area contributed by atoms with Crippen molar-refractivity contribution in [1.82, 2.24) is 9.80 Å². The topological polar surface area (TPSA) is 43.9 Å². The van der Waals surface area contributed by atoms with Crippen LogP contribution in [0.2, 0.25) is 0 Å². The van der Waals surface area contributed by atoms with E-state index < -0.39 is 0 Å². The molecule has 0 bridgehead atoms. The zero-order valence-electron chi connectivity index (χ0n) is 15.4. The number of hydrogen-bond donors (Lipinski definition) is 0. The van der Waals surface area contributed by atoms with E-state index in [1.807, 2.05) is 37.3 Å². The number of carbonyl (C=O) groups is 2. The van der Waals surface area contributed by atoms with Gasteiger partial charge in [0.1, 0.15) is 6.54 Å². The van der Waals surface area contributed by atoms with Gasteiger partial charge in [-0.25, -0.2) is 0 Å². The van der Waals surface area contributed by atoms with Crippen molar-refractivity contribution in [3.05, 3.63) is 30.3 Å². The number of nitrogens with zero attached hydrogens (tertiary/aromatic N) is 3. The second-order valence-electron chi connectivity index (χ2n) is 7.27. The van der Waals surface area contributed by atoms with Crippen LogP contribution in [0, 0.1) is 0 Å². The molecule has 5 heteroatoms. The van der Waals surface area contributed by atoms with Gasteiger partial charge in [-0.1, -0.05) is 37.5 Å². The van der Waals surface area contributed by atoms with Gasteiger partial charge in [0.05, 0.1) is 6.04 Å². The molecule has 2 fully saturated rings. The number of amides is 2. The summed E-state index contributed by atoms with van der Waals surface area (Å²) in [6.07, 6.45) is 6.17. The Morgan fingerprint density at radius 1 is 1.12 bits per heavy atom. The highest BCUT2D eigenvalue weighted by Crippen LogP contribution is 2.24. The first kappa shape index (κ1) is 17.9. The second kappa shape index (κ2) is 8.00. The van der Waals surface area contributed by atoms with E-state index in [2.05, 4.69) is 11.9 Å². The summed E-state index contributed by atoms with van der Waals surface area (Å²) in [4.78, 5) is 31.1. The average molecular weight is 343 g/mol. The van der Waals surface area contributed by atoms with Crippen LogP contribution in [0.15, 0.2) is 30.3 Å². The minimum Gasteiger partial charge on any atom is -0.330 e. The second-order valence-corrected chi connectivity index (χ2v) is 7.27. The summed E-state index contributed by atoms with van der Waals surface area (Å²) in [6, 6.07) is 10.0. The lowest BCUT2D eigenvalue weighted by Crippen LogP contribution is -2.57. The Kier molecular flexibility index (Phi) is 5.74. The van der Waals surface area contributed by atoms with Crippen molar-refractivity contribution in [2.45, 2.75) is 51.1 Å². The number of hydrogen-bond acceptors (Lipinski definition) is 3. The highest BCUT2D eigenvalue weighted by Gasteiger charge is 2.33. The Morgan fingerprint density at radius 3 is 2.44 bits per heavy atom. The summed E-state index contributed by atoms with van der Waals surface area (Å²) in [7, 11) is 2.06. The fourth-order valence-corrected chi connectivity index (χ4v) is 3.99. The third kappa shape index (κ3) is 4.03. The summed E-state index contributed by atoms with van der Waals surface area (Å²) in [5, 5.41) is 0. The van der Waals surface area contributed by atoms with Crippen LogP contribution in [0.4, 0.5) is 5.69 Å². The smallest absolute Gasteiger partial charge is 0.246 e. The highest BCUT2D eigenvalue weighted by atomic mass is 16.2. The van der Waals surface area contributed by atoms with Crippen molar-refractivity contribution in [1.29, 1.82) is 0 Å². The van der Waals surface area contributed by atoms with Gasteiger partial charge >= 0.3 is 0 Å². The van der Waals surface area contributed by atoms with E-state index in [9.17, 15) is 9.59 Å². The Morgan fingerprint density at radius 2 is 1.80 bits per heavy atom. The number of piperazine rings is 1. The monoisotopic (exact) mass is 343 g/mol. The molecule has 0 radical (unpaired) electrons. The molecule has 0 unspecified atom stereocenters. The lowest BCUT2D eigenvalue weighted by molar-refractivity contribution is -0.141. The SMILES string of the molecule is C[C@@H](C(=O)N1CCN(c2ccccc2)C(=O)C1)N(C)C1CCCCC1. The number of para-hydroxylation sites is 1. The van der Waals surface area contributed by atoms with E-state index >= 15 is 0 Å². The van der Waals surface area contributed by atoms with Crippen LogP contribution in [0.3, 0.4) is 0 Å². The first-order valence-corrected chi connectivity index (χ1v) is 9.44. The normalized spacial score (nSPS) is 20.8. The van der Waals surface area contributed by atoms with Gasteiger partial charge in [-0.2, -0.15) is 0 Å². The Balaban J connectivity index is 1.59. The van der Waals surface area contributed by atoms with E-state index in [1.165, 1.54) is 32.1 Å². The zero-order chi connectivity index (χ0) is 17.8.